The third-order valence-corrected chi connectivity index (χ3v) is 5.84. The van der Waals surface area contributed by atoms with Gasteiger partial charge in [-0.3, -0.25) is 4.79 Å². The zero-order chi connectivity index (χ0) is 20.7. The average Bonchev–Trinajstić information content (AvgIpc) is 2.85. The van der Waals surface area contributed by atoms with Crippen LogP contribution in [0.15, 0.2) is 35.2 Å². The number of nitriles is 1. The molecule has 1 aliphatic carbocycles. The first-order chi connectivity index (χ1) is 13.1. The first kappa shape index (κ1) is 19.9. The van der Waals surface area contributed by atoms with Gasteiger partial charge in [0.15, 0.2) is 9.84 Å². The van der Waals surface area contributed by atoms with Gasteiger partial charge in [-0.15, -0.1) is 0 Å². The lowest BCUT2D eigenvalue weighted by Crippen LogP contribution is -2.25. The van der Waals surface area contributed by atoms with E-state index in [-0.39, 0.29) is 22.6 Å². The van der Waals surface area contributed by atoms with Crippen molar-refractivity contribution in [1.82, 2.24) is 0 Å². The van der Waals surface area contributed by atoms with Gasteiger partial charge in [-0.2, -0.15) is 14.0 Å². The van der Waals surface area contributed by atoms with E-state index in [4.69, 9.17) is 15.1 Å². The highest BCUT2D eigenvalue weighted by Crippen LogP contribution is 2.43. The molecule has 0 aliphatic heterocycles. The van der Waals surface area contributed by atoms with Crippen LogP contribution in [0.2, 0.25) is 0 Å². The van der Waals surface area contributed by atoms with Crippen molar-refractivity contribution in [3.05, 3.63) is 52.8 Å². The second-order valence-corrected chi connectivity index (χ2v) is 8.14. The average molecular weight is 411 g/mol. The van der Waals surface area contributed by atoms with Crippen LogP contribution in [0.3, 0.4) is 0 Å². The minimum Gasteiger partial charge on any atom is -0.457 e. The molecular formula is C18H12F3NO5S. The summed E-state index contributed by atoms with van der Waals surface area (Å²) in [5.41, 5.74) is -1.11. The van der Waals surface area contributed by atoms with Gasteiger partial charge in [0.1, 0.15) is 17.3 Å². The molecule has 28 heavy (non-hydrogen) atoms. The minimum atomic E-state index is -4.19. The molecule has 0 saturated heterocycles. The van der Waals surface area contributed by atoms with Gasteiger partial charge in [0.05, 0.1) is 28.9 Å². The molecule has 0 amide bonds. The van der Waals surface area contributed by atoms with Crippen LogP contribution in [0.1, 0.15) is 21.5 Å². The van der Waals surface area contributed by atoms with Gasteiger partial charge in [-0.05, 0) is 24.3 Å². The number of carbonyl (C=O) groups excluding carboxylic acids is 1. The van der Waals surface area contributed by atoms with E-state index in [1.54, 1.807) is 6.07 Å². The largest absolute Gasteiger partial charge is 0.457 e. The molecule has 0 atom stereocenters. The van der Waals surface area contributed by atoms with E-state index in [2.05, 4.69) is 0 Å². The molecule has 0 fully saturated rings. The van der Waals surface area contributed by atoms with Crippen molar-refractivity contribution in [3.8, 4) is 17.6 Å². The fourth-order valence-corrected chi connectivity index (χ4v) is 4.18. The lowest BCUT2D eigenvalue weighted by Gasteiger charge is -2.13. The van der Waals surface area contributed by atoms with Crippen LogP contribution in [0.25, 0.3) is 0 Å². The normalized spacial score (nSPS) is 15.2. The van der Waals surface area contributed by atoms with Crippen molar-refractivity contribution in [2.24, 2.45) is 0 Å². The molecule has 0 bridgehead atoms. The highest BCUT2D eigenvalue weighted by molar-refractivity contribution is 7.91. The van der Waals surface area contributed by atoms with Crippen molar-refractivity contribution < 1.29 is 36.2 Å². The summed E-state index contributed by atoms with van der Waals surface area (Å²) in [5.74, 6) is -7.46. The molecule has 1 N–H and O–H groups in total. The number of benzene rings is 2. The van der Waals surface area contributed by atoms with Crippen molar-refractivity contribution in [2.75, 3.05) is 12.4 Å². The number of nitrogens with zero attached hydrogens (tertiary/aromatic N) is 1. The van der Waals surface area contributed by atoms with Gasteiger partial charge in [0.2, 0.25) is 5.78 Å². The number of aliphatic hydroxyl groups excluding tert-OH is 1. The highest BCUT2D eigenvalue weighted by atomic mass is 32.2. The number of Topliss-reactive ketones (excluding diaryl/α,β-unsaturated/α-hetero) is 1. The fourth-order valence-electron chi connectivity index (χ4n) is 2.91. The molecule has 6 nitrogen and oxygen atoms in total. The maximum atomic E-state index is 14.0. The van der Waals surface area contributed by atoms with E-state index in [1.807, 2.05) is 0 Å². The Morgan fingerprint density at radius 2 is 1.96 bits per heavy atom. The maximum Gasteiger partial charge on any atom is 0.313 e. The van der Waals surface area contributed by atoms with E-state index < -0.39 is 56.6 Å². The van der Waals surface area contributed by atoms with E-state index in [9.17, 15) is 26.4 Å². The van der Waals surface area contributed by atoms with Crippen LogP contribution in [0, 0.1) is 17.1 Å². The maximum absolute atomic E-state index is 14.0. The van der Waals surface area contributed by atoms with Crippen LogP contribution in [0.4, 0.5) is 13.2 Å². The Labute approximate surface area is 157 Å². The Morgan fingerprint density at radius 3 is 2.61 bits per heavy atom. The molecule has 3 rings (SSSR count). The summed E-state index contributed by atoms with van der Waals surface area (Å²) in [7, 11) is -4.19. The lowest BCUT2D eigenvalue weighted by molar-refractivity contribution is 0.0165. The van der Waals surface area contributed by atoms with Gasteiger partial charge in [0, 0.05) is 23.6 Å². The van der Waals surface area contributed by atoms with Crippen LogP contribution in [-0.2, 0) is 16.3 Å². The third kappa shape index (κ3) is 3.46. The summed E-state index contributed by atoms with van der Waals surface area (Å²) in [6, 6.07) is 6.75. The quantitative estimate of drug-likeness (QED) is 0.811. The summed E-state index contributed by atoms with van der Waals surface area (Å²) < 4.78 is 71.6. The Hall–Kier alpha value is -2.90. The smallest absolute Gasteiger partial charge is 0.313 e. The molecule has 10 heteroatoms. The summed E-state index contributed by atoms with van der Waals surface area (Å²) in [5, 5.41) is 17.8. The molecule has 2 aromatic carbocycles. The van der Waals surface area contributed by atoms with Crippen LogP contribution >= 0.6 is 0 Å². The van der Waals surface area contributed by atoms with Crippen LogP contribution in [-0.4, -0.2) is 37.6 Å². The number of ketones is 1. The third-order valence-electron chi connectivity index (χ3n) is 4.11. The molecule has 2 aromatic rings. The number of alkyl halides is 2. The van der Waals surface area contributed by atoms with Crippen LogP contribution < -0.4 is 4.74 Å². The van der Waals surface area contributed by atoms with E-state index in [0.29, 0.717) is 0 Å². The zero-order valence-corrected chi connectivity index (χ0v) is 14.9. The topological polar surface area (TPSA) is 104 Å². The van der Waals surface area contributed by atoms with Gasteiger partial charge >= 0.3 is 5.92 Å². The fraction of sp³-hybridized carbons (Fsp3) is 0.222. The molecule has 0 saturated carbocycles. The second-order valence-electron chi connectivity index (χ2n) is 6.06. The molecule has 1 aliphatic rings. The van der Waals surface area contributed by atoms with Gasteiger partial charge in [-0.1, -0.05) is 0 Å². The Kier molecular flexibility index (Phi) is 4.91. The van der Waals surface area contributed by atoms with Crippen molar-refractivity contribution in [3.63, 3.8) is 0 Å². The van der Waals surface area contributed by atoms with Gasteiger partial charge in [0.25, 0.3) is 0 Å². The summed E-state index contributed by atoms with van der Waals surface area (Å²) in [6.07, 6.45) is -1.08. The van der Waals surface area contributed by atoms with Crippen molar-refractivity contribution >= 4 is 15.6 Å². The van der Waals surface area contributed by atoms with E-state index in [0.717, 1.165) is 24.3 Å². The second kappa shape index (κ2) is 6.92. The number of aliphatic hydroxyl groups is 1. The molecule has 146 valence electrons. The minimum absolute atomic E-state index is 0.0739. The number of halogens is 3. The SMILES string of the molecule is N#Cc1cc(F)cc(Oc2ccc(S(=O)(=O)CCO)c3c2CC(F)(F)C3=O)c1. The summed E-state index contributed by atoms with van der Waals surface area (Å²) in [6.45, 7) is -0.750. The molecule has 0 unspecified atom stereocenters. The van der Waals surface area contributed by atoms with Crippen molar-refractivity contribution in [1.29, 1.82) is 5.26 Å². The Bertz CT molecular complexity index is 1120. The molecule has 0 heterocycles. The Morgan fingerprint density at radius 1 is 1.25 bits per heavy atom. The van der Waals surface area contributed by atoms with Crippen molar-refractivity contribution in [2.45, 2.75) is 17.2 Å². The van der Waals surface area contributed by atoms with Crippen LogP contribution in [0.5, 0.6) is 11.5 Å². The number of sulfone groups is 1. The van der Waals surface area contributed by atoms with Gasteiger partial charge in [-0.25, -0.2) is 12.8 Å². The number of rotatable bonds is 5. The van der Waals surface area contributed by atoms with Gasteiger partial charge < -0.3 is 9.84 Å². The predicted octanol–water partition coefficient (Wildman–Crippen LogP) is 2.63. The first-order valence-electron chi connectivity index (χ1n) is 7.90. The lowest BCUT2D eigenvalue weighted by atomic mass is 10.1. The number of carbonyl (C=O) groups is 1. The summed E-state index contributed by atoms with van der Waals surface area (Å²) in [4.78, 5) is 11.5. The highest BCUT2D eigenvalue weighted by Gasteiger charge is 2.50. The van der Waals surface area contributed by atoms with E-state index >= 15 is 0 Å². The standard InChI is InChI=1S/C18H12F3NO5S/c19-11-5-10(9-22)6-12(7-11)27-14-1-2-15(28(25,26)4-3-23)16-13(14)8-18(20,21)17(16)24/h1-2,5-7,23H,3-4,8H2. The first-order valence-corrected chi connectivity index (χ1v) is 9.55. The summed E-state index contributed by atoms with van der Waals surface area (Å²) >= 11 is 0. The van der Waals surface area contributed by atoms with E-state index in [1.165, 1.54) is 6.07 Å². The molecule has 0 aromatic heterocycles. The Balaban J connectivity index is 2.15. The number of fused-ring (bicyclic) bond motifs is 1. The molecule has 0 radical (unpaired) electrons. The predicted molar refractivity (Wildman–Crippen MR) is 89.8 cm³/mol. The monoisotopic (exact) mass is 411 g/mol. The number of hydrogen-bond donors (Lipinski definition) is 1. The number of hydrogen-bond acceptors (Lipinski definition) is 6. The molecular weight excluding hydrogens is 399 g/mol. The molecule has 0 spiro atoms. The number of ether oxygens (including phenoxy) is 1. The zero-order valence-electron chi connectivity index (χ0n) is 14.1.